The highest BCUT2D eigenvalue weighted by atomic mass is 16.2. The maximum Gasteiger partial charge on any atom is 0.334 e. The average Bonchev–Trinajstić information content (AvgIpc) is 2.65. The van der Waals surface area contributed by atoms with Crippen LogP contribution in [0.1, 0.15) is 39.5 Å². The van der Waals surface area contributed by atoms with E-state index in [4.69, 9.17) is 0 Å². The molecule has 2 aliphatic rings. The molecule has 5 amide bonds. The fraction of sp³-hybridized carbons (Fsp3) is 0.714. The van der Waals surface area contributed by atoms with E-state index >= 15 is 0 Å². The quantitative estimate of drug-likeness (QED) is 0.604. The molecule has 1 N–H and O–H groups in total. The van der Waals surface area contributed by atoms with Gasteiger partial charge in [-0.15, -0.1) is 0 Å². The van der Waals surface area contributed by atoms with Crippen molar-refractivity contribution in [1.82, 2.24) is 15.1 Å². The lowest BCUT2D eigenvalue weighted by Crippen LogP contribution is -2.47. The zero-order valence-corrected chi connectivity index (χ0v) is 12.4. The number of nitrogens with zero attached hydrogens (tertiary/aromatic N) is 2. The van der Waals surface area contributed by atoms with Crippen molar-refractivity contribution in [3.05, 3.63) is 0 Å². The lowest BCUT2D eigenvalue weighted by Gasteiger charge is -2.29. The Bertz CT molecular complexity index is 477. The third kappa shape index (κ3) is 3.06. The van der Waals surface area contributed by atoms with Crippen LogP contribution < -0.4 is 5.32 Å². The summed E-state index contributed by atoms with van der Waals surface area (Å²) in [5.74, 6) is -1.78. The highest BCUT2D eigenvalue weighted by Gasteiger charge is 2.44. The van der Waals surface area contributed by atoms with Gasteiger partial charge in [0.25, 0.3) is 0 Å². The van der Waals surface area contributed by atoms with E-state index in [1.807, 2.05) is 0 Å². The fourth-order valence-electron chi connectivity index (χ4n) is 2.90. The van der Waals surface area contributed by atoms with Gasteiger partial charge in [-0.1, -0.05) is 19.8 Å². The third-order valence-corrected chi connectivity index (χ3v) is 4.21. The van der Waals surface area contributed by atoms with Crippen LogP contribution in [0, 0.1) is 5.92 Å². The van der Waals surface area contributed by atoms with E-state index in [0.29, 0.717) is 10.8 Å². The van der Waals surface area contributed by atoms with Crippen LogP contribution in [0.3, 0.4) is 0 Å². The number of hydrogen-bond donors (Lipinski definition) is 1. The molecular weight excluding hydrogens is 274 g/mol. The van der Waals surface area contributed by atoms with E-state index in [2.05, 4.69) is 12.2 Å². The maximum absolute atomic E-state index is 12.0. The van der Waals surface area contributed by atoms with Gasteiger partial charge in [0.2, 0.25) is 5.91 Å². The first-order chi connectivity index (χ1) is 9.95. The number of carbonyl (C=O) groups is 4. The molecule has 21 heavy (non-hydrogen) atoms. The van der Waals surface area contributed by atoms with E-state index in [9.17, 15) is 19.2 Å². The minimum absolute atomic E-state index is 0.0806. The Hall–Kier alpha value is -1.92. The maximum atomic E-state index is 12.0. The van der Waals surface area contributed by atoms with Crippen molar-refractivity contribution in [3.63, 3.8) is 0 Å². The number of imide groups is 2. The third-order valence-electron chi connectivity index (χ3n) is 4.21. The van der Waals surface area contributed by atoms with Gasteiger partial charge >= 0.3 is 17.8 Å². The Labute approximate surface area is 123 Å². The first-order valence-corrected chi connectivity index (χ1v) is 7.42. The van der Waals surface area contributed by atoms with Gasteiger partial charge in [0.05, 0.1) is 0 Å². The van der Waals surface area contributed by atoms with Crippen molar-refractivity contribution < 1.29 is 19.2 Å². The van der Waals surface area contributed by atoms with Crippen LogP contribution >= 0.6 is 0 Å². The molecule has 1 aliphatic carbocycles. The van der Waals surface area contributed by atoms with Crippen LogP contribution in [0.5, 0.6) is 0 Å². The van der Waals surface area contributed by atoms with Crippen molar-refractivity contribution in [2.45, 2.75) is 45.6 Å². The molecule has 1 aliphatic heterocycles. The van der Waals surface area contributed by atoms with Crippen molar-refractivity contribution >= 4 is 23.8 Å². The number of urea groups is 1. The van der Waals surface area contributed by atoms with Crippen LogP contribution in [0.15, 0.2) is 0 Å². The number of hydrogen-bond acceptors (Lipinski definition) is 4. The molecule has 0 bridgehead atoms. The molecule has 7 nitrogen and oxygen atoms in total. The second kappa shape index (κ2) is 6.24. The minimum atomic E-state index is -0.923. The number of nitrogens with one attached hydrogen (secondary N) is 1. The Morgan fingerprint density at radius 1 is 1.14 bits per heavy atom. The highest BCUT2D eigenvalue weighted by molar-refractivity contribution is 6.45. The molecule has 0 aromatic carbocycles. The predicted molar refractivity (Wildman–Crippen MR) is 74.1 cm³/mol. The normalized spacial score (nSPS) is 26.5. The van der Waals surface area contributed by atoms with Crippen molar-refractivity contribution in [2.75, 3.05) is 13.1 Å². The standard InChI is InChI=1S/C14H21N3O4/c1-3-16-12(19)13(20)17(14(16)21)8-11(18)15-10-7-5-4-6-9(10)2/h9-10H,3-8H2,1-2H3,(H,15,18)/t9-,10+/m0/s1. The van der Waals surface area contributed by atoms with E-state index in [0.717, 1.165) is 30.6 Å². The summed E-state index contributed by atoms with van der Waals surface area (Å²) in [5, 5.41) is 2.87. The summed E-state index contributed by atoms with van der Waals surface area (Å²) in [6, 6.07) is -0.628. The summed E-state index contributed by atoms with van der Waals surface area (Å²) in [4.78, 5) is 48.7. The van der Waals surface area contributed by atoms with Gasteiger partial charge in [0.1, 0.15) is 6.54 Å². The number of carbonyl (C=O) groups excluding carboxylic acids is 4. The van der Waals surface area contributed by atoms with Gasteiger partial charge in [0, 0.05) is 12.6 Å². The van der Waals surface area contributed by atoms with Gasteiger partial charge in [-0.3, -0.25) is 19.3 Å². The van der Waals surface area contributed by atoms with E-state index < -0.39 is 17.8 Å². The van der Waals surface area contributed by atoms with Gasteiger partial charge < -0.3 is 5.32 Å². The summed E-state index contributed by atoms with van der Waals surface area (Å²) in [6.45, 7) is 3.43. The first kappa shape index (κ1) is 15.5. The molecule has 2 fully saturated rings. The molecule has 0 aromatic heterocycles. The van der Waals surface area contributed by atoms with E-state index in [-0.39, 0.29) is 25.0 Å². The molecule has 0 unspecified atom stereocenters. The number of amides is 5. The molecular formula is C14H21N3O4. The second-order valence-electron chi connectivity index (χ2n) is 5.66. The smallest absolute Gasteiger partial charge is 0.334 e. The Morgan fingerprint density at radius 2 is 1.76 bits per heavy atom. The molecule has 2 rings (SSSR count). The van der Waals surface area contributed by atoms with Crippen LogP contribution in [0.2, 0.25) is 0 Å². The van der Waals surface area contributed by atoms with Crippen molar-refractivity contribution in [1.29, 1.82) is 0 Å². The van der Waals surface area contributed by atoms with Crippen molar-refractivity contribution in [3.8, 4) is 0 Å². The fourth-order valence-corrected chi connectivity index (χ4v) is 2.90. The molecule has 0 aromatic rings. The Balaban J connectivity index is 1.95. The molecule has 1 heterocycles. The van der Waals surface area contributed by atoms with Crippen molar-refractivity contribution in [2.24, 2.45) is 5.92 Å². The zero-order chi connectivity index (χ0) is 15.6. The van der Waals surface area contributed by atoms with Crippen LogP contribution in [0.4, 0.5) is 4.79 Å². The zero-order valence-electron chi connectivity index (χ0n) is 12.4. The molecule has 0 radical (unpaired) electrons. The van der Waals surface area contributed by atoms with Crippen LogP contribution in [-0.4, -0.2) is 52.7 Å². The topological polar surface area (TPSA) is 86.8 Å². The average molecular weight is 295 g/mol. The van der Waals surface area contributed by atoms with Gasteiger partial charge in [0.15, 0.2) is 0 Å². The molecule has 0 spiro atoms. The van der Waals surface area contributed by atoms with E-state index in [1.165, 1.54) is 0 Å². The Kier molecular flexibility index (Phi) is 4.59. The number of likely N-dealkylation sites (N-methyl/N-ethyl adjacent to an activating group) is 1. The first-order valence-electron chi connectivity index (χ1n) is 7.42. The second-order valence-corrected chi connectivity index (χ2v) is 5.66. The monoisotopic (exact) mass is 295 g/mol. The number of rotatable bonds is 4. The van der Waals surface area contributed by atoms with Crippen LogP contribution in [0.25, 0.3) is 0 Å². The molecule has 1 saturated carbocycles. The molecule has 2 atom stereocenters. The molecule has 7 heteroatoms. The summed E-state index contributed by atoms with van der Waals surface area (Å²) in [7, 11) is 0. The minimum Gasteiger partial charge on any atom is -0.352 e. The Morgan fingerprint density at radius 3 is 2.33 bits per heavy atom. The van der Waals surface area contributed by atoms with Gasteiger partial charge in [-0.2, -0.15) is 0 Å². The summed E-state index contributed by atoms with van der Waals surface area (Å²) in [5.41, 5.74) is 0. The van der Waals surface area contributed by atoms with E-state index in [1.54, 1.807) is 6.92 Å². The summed E-state index contributed by atoms with van der Waals surface area (Å²) < 4.78 is 0. The molecule has 1 saturated heterocycles. The summed E-state index contributed by atoms with van der Waals surface area (Å²) in [6.07, 6.45) is 4.21. The SMILES string of the molecule is CCN1C(=O)C(=O)N(CC(=O)N[C@@H]2CCCC[C@@H]2C)C1=O. The highest BCUT2D eigenvalue weighted by Crippen LogP contribution is 2.23. The molecule has 116 valence electrons. The van der Waals surface area contributed by atoms with Crippen LogP contribution in [-0.2, 0) is 14.4 Å². The largest absolute Gasteiger partial charge is 0.352 e. The summed E-state index contributed by atoms with van der Waals surface area (Å²) >= 11 is 0. The van der Waals surface area contributed by atoms with Gasteiger partial charge in [-0.05, 0) is 25.7 Å². The lowest BCUT2D eigenvalue weighted by molar-refractivity contribution is -0.144. The predicted octanol–water partition coefficient (Wildman–Crippen LogP) is 0.492. The van der Waals surface area contributed by atoms with Gasteiger partial charge in [-0.25, -0.2) is 9.69 Å². The lowest BCUT2D eigenvalue weighted by atomic mass is 9.86.